The Morgan fingerprint density at radius 3 is 2.35 bits per heavy atom. The molecule has 0 unspecified atom stereocenters. The van der Waals surface area contributed by atoms with Crippen LogP contribution in [0.3, 0.4) is 0 Å². The van der Waals surface area contributed by atoms with Gasteiger partial charge in [0.2, 0.25) is 5.95 Å². The maximum absolute atomic E-state index is 12.8. The van der Waals surface area contributed by atoms with Crippen molar-refractivity contribution in [3.05, 3.63) is 28.8 Å². The summed E-state index contributed by atoms with van der Waals surface area (Å²) in [6.45, 7) is 0. The molecule has 1 heterocycles. The molecule has 2 nitrogen and oxygen atoms in total. The molecule has 1 aromatic heterocycles. The smallest absolute Gasteiger partial charge is 0.223 e. The minimum absolute atomic E-state index is 0.0222. The van der Waals surface area contributed by atoms with Crippen molar-refractivity contribution < 1.29 is 26.3 Å². The Morgan fingerprint density at radius 1 is 1.35 bits per heavy atom. The van der Waals surface area contributed by atoms with Gasteiger partial charge in [0, 0.05) is 11.6 Å². The zero-order chi connectivity index (χ0) is 13.2. The summed E-state index contributed by atoms with van der Waals surface area (Å²) in [4.78, 5) is 2.83. The predicted molar refractivity (Wildman–Crippen MR) is 43.5 cm³/mol. The van der Waals surface area contributed by atoms with Gasteiger partial charge in [0.25, 0.3) is 6.43 Å². The number of rotatable bonds is 2. The van der Waals surface area contributed by atoms with Crippen LogP contribution in [0.2, 0.25) is 0 Å². The number of nitriles is 1. The van der Waals surface area contributed by atoms with Gasteiger partial charge in [-0.1, -0.05) is 0 Å². The summed E-state index contributed by atoms with van der Waals surface area (Å²) >= 11 is 0. The molecule has 0 aliphatic rings. The molecule has 0 aliphatic heterocycles. The first-order valence-electron chi connectivity index (χ1n) is 4.19. The molecule has 1 rings (SSSR count). The zero-order valence-electron chi connectivity index (χ0n) is 8.02. The predicted octanol–water partition coefficient (Wildman–Crippen LogP) is 3.24. The molecule has 0 fully saturated rings. The summed E-state index contributed by atoms with van der Waals surface area (Å²) in [6, 6.07) is 1.34. The van der Waals surface area contributed by atoms with E-state index in [2.05, 4.69) is 4.98 Å². The highest BCUT2D eigenvalue weighted by molar-refractivity contribution is 5.35. The summed E-state index contributed by atoms with van der Waals surface area (Å²) in [5, 5.41) is 8.26. The highest BCUT2D eigenvalue weighted by Gasteiger charge is 2.39. The standard InChI is InChI=1S/C9H4F6N2/c10-6-3-4(8(11)12)7(9(13,14)15)5(17-6)1-2-16/h3,8H,1H2. The van der Waals surface area contributed by atoms with Crippen molar-refractivity contribution in [3.63, 3.8) is 0 Å². The van der Waals surface area contributed by atoms with Crippen LogP contribution in [-0.4, -0.2) is 4.98 Å². The highest BCUT2D eigenvalue weighted by Crippen LogP contribution is 2.38. The quantitative estimate of drug-likeness (QED) is 0.600. The van der Waals surface area contributed by atoms with E-state index < -0.39 is 41.8 Å². The van der Waals surface area contributed by atoms with Crippen LogP contribution in [0, 0.1) is 17.3 Å². The number of alkyl halides is 5. The molecule has 0 N–H and O–H groups in total. The first-order valence-corrected chi connectivity index (χ1v) is 4.19. The third kappa shape index (κ3) is 2.87. The van der Waals surface area contributed by atoms with Crippen LogP contribution in [-0.2, 0) is 12.6 Å². The van der Waals surface area contributed by atoms with Gasteiger partial charge in [-0.05, 0) is 0 Å². The van der Waals surface area contributed by atoms with Gasteiger partial charge in [0.05, 0.1) is 23.7 Å². The summed E-state index contributed by atoms with van der Waals surface area (Å²) in [5.74, 6) is -1.47. The topological polar surface area (TPSA) is 36.7 Å². The molecule has 17 heavy (non-hydrogen) atoms. The third-order valence-corrected chi connectivity index (χ3v) is 1.86. The van der Waals surface area contributed by atoms with Gasteiger partial charge in [-0.2, -0.15) is 22.8 Å². The molecule has 8 heteroatoms. The van der Waals surface area contributed by atoms with Crippen molar-refractivity contribution in [3.8, 4) is 6.07 Å². The van der Waals surface area contributed by atoms with E-state index in [1.165, 1.54) is 6.07 Å². The molecule has 0 bridgehead atoms. The van der Waals surface area contributed by atoms with E-state index in [1.54, 1.807) is 0 Å². The number of hydrogen-bond acceptors (Lipinski definition) is 2. The molecular weight excluding hydrogens is 250 g/mol. The molecule has 0 saturated carbocycles. The van der Waals surface area contributed by atoms with Gasteiger partial charge >= 0.3 is 6.18 Å². The van der Waals surface area contributed by atoms with Gasteiger partial charge < -0.3 is 0 Å². The second kappa shape index (κ2) is 4.61. The number of halogens is 6. The lowest BCUT2D eigenvalue weighted by molar-refractivity contribution is -0.140. The van der Waals surface area contributed by atoms with Crippen molar-refractivity contribution in [2.75, 3.05) is 0 Å². The van der Waals surface area contributed by atoms with Crippen LogP contribution >= 0.6 is 0 Å². The Kier molecular flexibility index (Phi) is 3.60. The molecule has 0 aromatic carbocycles. The SMILES string of the molecule is N#CCc1nc(F)cc(C(F)F)c1C(F)(F)F. The number of nitrogens with zero attached hydrogens (tertiary/aromatic N) is 2. The summed E-state index contributed by atoms with van der Waals surface area (Å²) in [5.41, 5.74) is -4.28. The van der Waals surface area contributed by atoms with Crippen molar-refractivity contribution >= 4 is 0 Å². The molecule has 0 aliphatic carbocycles. The van der Waals surface area contributed by atoms with Crippen LogP contribution < -0.4 is 0 Å². The molecule has 0 spiro atoms. The molecular formula is C9H4F6N2. The van der Waals surface area contributed by atoms with E-state index >= 15 is 0 Å². The normalized spacial score (nSPS) is 11.6. The lowest BCUT2D eigenvalue weighted by atomic mass is 10.0. The van der Waals surface area contributed by atoms with E-state index in [1.807, 2.05) is 0 Å². The van der Waals surface area contributed by atoms with Crippen molar-refractivity contribution in [1.29, 1.82) is 5.26 Å². The first kappa shape index (κ1) is 13.3. The van der Waals surface area contributed by atoms with Crippen LogP contribution in [0.15, 0.2) is 6.07 Å². The second-order valence-corrected chi connectivity index (χ2v) is 2.99. The Morgan fingerprint density at radius 2 is 1.94 bits per heavy atom. The lowest BCUT2D eigenvalue weighted by Gasteiger charge is -2.15. The second-order valence-electron chi connectivity index (χ2n) is 2.99. The Balaban J connectivity index is 3.54. The first-order chi connectivity index (χ1) is 7.77. The third-order valence-electron chi connectivity index (χ3n) is 1.86. The maximum Gasteiger partial charge on any atom is 0.418 e. The summed E-state index contributed by atoms with van der Waals surface area (Å²) < 4.78 is 75.1. The molecule has 0 saturated heterocycles. The minimum Gasteiger partial charge on any atom is -0.223 e. The lowest BCUT2D eigenvalue weighted by Crippen LogP contribution is -2.16. The Bertz CT molecular complexity index is 460. The van der Waals surface area contributed by atoms with E-state index in [4.69, 9.17) is 5.26 Å². The van der Waals surface area contributed by atoms with Gasteiger partial charge in [-0.3, -0.25) is 0 Å². The van der Waals surface area contributed by atoms with Crippen LogP contribution in [0.5, 0.6) is 0 Å². The molecule has 0 radical (unpaired) electrons. The molecule has 0 atom stereocenters. The summed E-state index contributed by atoms with van der Waals surface area (Å²) in [6.07, 6.45) is -9.51. The zero-order valence-corrected chi connectivity index (χ0v) is 8.02. The molecule has 1 aromatic rings. The van der Waals surface area contributed by atoms with Crippen molar-refractivity contribution in [2.45, 2.75) is 19.0 Å². The molecule has 92 valence electrons. The van der Waals surface area contributed by atoms with Gasteiger partial charge in [-0.15, -0.1) is 0 Å². The minimum atomic E-state index is -5.11. The molecule has 0 amide bonds. The average Bonchev–Trinajstić information content (AvgIpc) is 2.14. The van der Waals surface area contributed by atoms with E-state index in [0.717, 1.165) is 0 Å². The fraction of sp³-hybridized carbons (Fsp3) is 0.333. The number of aromatic nitrogens is 1. The van der Waals surface area contributed by atoms with Gasteiger partial charge in [-0.25, -0.2) is 13.8 Å². The average molecular weight is 254 g/mol. The fourth-order valence-electron chi connectivity index (χ4n) is 1.29. The maximum atomic E-state index is 12.8. The van der Waals surface area contributed by atoms with E-state index in [0.29, 0.717) is 0 Å². The van der Waals surface area contributed by atoms with Crippen molar-refractivity contribution in [1.82, 2.24) is 4.98 Å². The number of pyridine rings is 1. The Labute approximate surface area is 91.5 Å². The van der Waals surface area contributed by atoms with E-state index in [-0.39, 0.29) is 6.07 Å². The van der Waals surface area contributed by atoms with Crippen LogP contribution in [0.4, 0.5) is 26.3 Å². The van der Waals surface area contributed by atoms with E-state index in [9.17, 15) is 26.3 Å². The van der Waals surface area contributed by atoms with Gasteiger partial charge in [0.1, 0.15) is 0 Å². The monoisotopic (exact) mass is 254 g/mol. The van der Waals surface area contributed by atoms with Crippen molar-refractivity contribution in [2.24, 2.45) is 0 Å². The van der Waals surface area contributed by atoms with Gasteiger partial charge in [0.15, 0.2) is 0 Å². The summed E-state index contributed by atoms with van der Waals surface area (Å²) in [7, 11) is 0. The highest BCUT2D eigenvalue weighted by atomic mass is 19.4. The fourth-order valence-corrected chi connectivity index (χ4v) is 1.29. The largest absolute Gasteiger partial charge is 0.418 e. The van der Waals surface area contributed by atoms with Crippen LogP contribution in [0.25, 0.3) is 0 Å². The van der Waals surface area contributed by atoms with Crippen LogP contribution in [0.1, 0.15) is 23.2 Å². The number of hydrogen-bond donors (Lipinski definition) is 0. The Hall–Kier alpha value is -1.78.